The topological polar surface area (TPSA) is 104 Å². The predicted octanol–water partition coefficient (Wildman–Crippen LogP) is 3.85. The smallest absolute Gasteiger partial charge is 0.250 e. The number of rotatable bonds is 0. The number of amides is 2. The van der Waals surface area contributed by atoms with Gasteiger partial charge < -0.3 is 9.97 Å². The summed E-state index contributed by atoms with van der Waals surface area (Å²) in [5.41, 5.74) is 7.86. The van der Waals surface area contributed by atoms with Crippen molar-refractivity contribution in [1.29, 1.82) is 0 Å². The highest BCUT2D eigenvalue weighted by atomic mass is 16.2. The minimum absolute atomic E-state index is 0.329. The summed E-state index contributed by atoms with van der Waals surface area (Å²) in [5.74, 6) is -0.657. The normalized spacial score (nSPS) is 13.8. The molecular formula is C24H17N5O2. The molecule has 3 aliphatic heterocycles. The molecule has 31 heavy (non-hydrogen) atoms. The van der Waals surface area contributed by atoms with E-state index < -0.39 is 0 Å². The average molecular weight is 407 g/mol. The first-order valence-electron chi connectivity index (χ1n) is 9.67. The van der Waals surface area contributed by atoms with Crippen LogP contribution >= 0.6 is 0 Å². The third-order valence-electron chi connectivity index (χ3n) is 4.67. The van der Waals surface area contributed by atoms with E-state index in [0.29, 0.717) is 0 Å². The highest BCUT2D eigenvalue weighted by molar-refractivity contribution is 6.12. The van der Waals surface area contributed by atoms with E-state index in [2.05, 4.69) is 44.2 Å². The lowest BCUT2D eigenvalue weighted by molar-refractivity contribution is -0.123. The summed E-state index contributed by atoms with van der Waals surface area (Å²) in [6, 6.07) is 16.4. The summed E-state index contributed by atoms with van der Waals surface area (Å²) in [7, 11) is 0. The van der Waals surface area contributed by atoms with Crippen molar-refractivity contribution in [2.45, 2.75) is 0 Å². The number of H-pyrrole nitrogens is 2. The number of aromatic amines is 2. The quantitative estimate of drug-likeness (QED) is 0.339. The molecule has 0 aliphatic carbocycles. The Hall–Kier alpha value is -4.52. The summed E-state index contributed by atoms with van der Waals surface area (Å²) in [6.07, 6.45) is 10.5. The van der Waals surface area contributed by atoms with Crippen molar-refractivity contribution in [3.63, 3.8) is 0 Å². The third-order valence-corrected chi connectivity index (χ3v) is 4.67. The summed E-state index contributed by atoms with van der Waals surface area (Å²) in [4.78, 5) is 36.1. The number of aromatic nitrogens is 4. The average Bonchev–Trinajstić information content (AvgIpc) is 3.54. The van der Waals surface area contributed by atoms with E-state index in [1.165, 1.54) is 12.2 Å². The molecule has 6 rings (SSSR count). The maximum absolute atomic E-state index is 10.0. The van der Waals surface area contributed by atoms with Crippen LogP contribution in [0.4, 0.5) is 0 Å². The summed E-state index contributed by atoms with van der Waals surface area (Å²) < 4.78 is 0. The molecule has 7 nitrogen and oxygen atoms in total. The van der Waals surface area contributed by atoms with Crippen LogP contribution in [0.2, 0.25) is 0 Å². The predicted molar refractivity (Wildman–Crippen MR) is 121 cm³/mol. The second-order valence-corrected chi connectivity index (χ2v) is 7.09. The van der Waals surface area contributed by atoms with Crippen molar-refractivity contribution in [3.8, 4) is 0 Å². The van der Waals surface area contributed by atoms with Crippen LogP contribution in [0.1, 0.15) is 22.8 Å². The van der Waals surface area contributed by atoms with Crippen LogP contribution in [0.3, 0.4) is 0 Å². The number of imide groups is 1. The van der Waals surface area contributed by atoms with Gasteiger partial charge in [-0.3, -0.25) is 14.9 Å². The molecule has 150 valence electrons. The van der Waals surface area contributed by atoms with Crippen molar-refractivity contribution in [1.82, 2.24) is 25.3 Å². The fourth-order valence-corrected chi connectivity index (χ4v) is 3.30. The first kappa shape index (κ1) is 18.5. The molecule has 0 saturated carbocycles. The Labute approximate surface area is 176 Å². The Morgan fingerprint density at radius 2 is 0.806 bits per heavy atom. The van der Waals surface area contributed by atoms with Gasteiger partial charge in [0.05, 0.1) is 22.8 Å². The van der Waals surface area contributed by atoms with Gasteiger partial charge in [0.2, 0.25) is 0 Å². The van der Waals surface area contributed by atoms with Gasteiger partial charge in [-0.2, -0.15) is 0 Å². The number of nitrogens with one attached hydrogen (secondary N) is 3. The van der Waals surface area contributed by atoms with Gasteiger partial charge in [-0.25, -0.2) is 9.97 Å². The third kappa shape index (κ3) is 4.40. The van der Waals surface area contributed by atoms with Gasteiger partial charge in [0, 0.05) is 34.2 Å². The Bertz CT molecular complexity index is 1260. The molecule has 8 bridgehead atoms. The molecule has 0 saturated heterocycles. The molecule has 0 radical (unpaired) electrons. The van der Waals surface area contributed by atoms with Gasteiger partial charge in [0.25, 0.3) is 11.8 Å². The van der Waals surface area contributed by atoms with Gasteiger partial charge >= 0.3 is 0 Å². The van der Waals surface area contributed by atoms with Crippen LogP contribution in [-0.4, -0.2) is 31.8 Å². The Morgan fingerprint density at radius 1 is 0.484 bits per heavy atom. The molecule has 0 atom stereocenters. The van der Waals surface area contributed by atoms with Crippen molar-refractivity contribution in [3.05, 3.63) is 83.5 Å². The van der Waals surface area contributed by atoms with E-state index in [9.17, 15) is 9.59 Å². The number of fused-ring (bicyclic) bond motifs is 8. The second kappa shape index (κ2) is 7.72. The van der Waals surface area contributed by atoms with Crippen molar-refractivity contribution in [2.75, 3.05) is 0 Å². The van der Waals surface area contributed by atoms with Crippen molar-refractivity contribution in [2.24, 2.45) is 0 Å². The lowest BCUT2D eigenvalue weighted by Gasteiger charge is -1.85. The monoisotopic (exact) mass is 407 g/mol. The van der Waals surface area contributed by atoms with Crippen LogP contribution in [0.5, 0.6) is 0 Å². The Morgan fingerprint density at radius 3 is 1.06 bits per heavy atom. The zero-order valence-corrected chi connectivity index (χ0v) is 16.3. The minimum Gasteiger partial charge on any atom is -0.355 e. The second-order valence-electron chi connectivity index (χ2n) is 7.09. The van der Waals surface area contributed by atoms with Crippen molar-refractivity contribution >= 4 is 58.2 Å². The number of nitrogens with zero attached hydrogens (tertiary/aromatic N) is 2. The van der Waals surface area contributed by atoms with Gasteiger partial charge in [-0.05, 0) is 72.8 Å². The molecule has 0 fully saturated rings. The van der Waals surface area contributed by atoms with E-state index in [1.807, 2.05) is 53.9 Å². The molecule has 7 heteroatoms. The zero-order valence-electron chi connectivity index (χ0n) is 16.3. The van der Waals surface area contributed by atoms with Crippen LogP contribution in [-0.2, 0) is 9.59 Å². The van der Waals surface area contributed by atoms with Crippen LogP contribution in [0, 0.1) is 0 Å². The molecular weight excluding hydrogens is 390 g/mol. The fourth-order valence-electron chi connectivity index (χ4n) is 3.30. The highest BCUT2D eigenvalue weighted by Gasteiger charge is 2.07. The molecule has 3 aromatic heterocycles. The molecule has 3 aliphatic rings. The molecule has 0 spiro atoms. The van der Waals surface area contributed by atoms with Crippen LogP contribution in [0.15, 0.2) is 60.7 Å². The molecule has 6 heterocycles. The standard InChI is InChI=1S/C20H14N4.C4H3NO2/c1-2-14-10-16-5-6-18(23-16)12-20-8-7-19(24-20)11-17-4-3-15(22-17)9-13(1)21-14;6-3-1-2-4(7)5-3/h1-12,21,24H;1-2H,(H,5,6,7). The van der Waals surface area contributed by atoms with E-state index in [-0.39, 0.29) is 11.8 Å². The lowest BCUT2D eigenvalue weighted by Crippen LogP contribution is -2.19. The lowest BCUT2D eigenvalue weighted by atomic mass is 10.3. The van der Waals surface area contributed by atoms with Crippen LogP contribution in [0.25, 0.3) is 46.4 Å². The number of carbonyl (C=O) groups is 2. The van der Waals surface area contributed by atoms with E-state index in [4.69, 9.17) is 0 Å². The minimum atomic E-state index is -0.329. The van der Waals surface area contributed by atoms with Gasteiger partial charge in [-0.1, -0.05) is 0 Å². The summed E-state index contributed by atoms with van der Waals surface area (Å²) >= 11 is 0. The summed E-state index contributed by atoms with van der Waals surface area (Å²) in [5, 5.41) is 2.03. The van der Waals surface area contributed by atoms with E-state index in [0.717, 1.165) is 44.8 Å². The zero-order chi connectivity index (χ0) is 21.2. The molecule has 2 amide bonds. The Balaban J connectivity index is 0.000000250. The number of hydrogen-bond acceptors (Lipinski definition) is 4. The van der Waals surface area contributed by atoms with E-state index >= 15 is 0 Å². The fraction of sp³-hybridized carbons (Fsp3) is 0. The molecule has 3 aromatic rings. The Kier molecular flexibility index (Phi) is 4.61. The number of carbonyl (C=O) groups excluding carboxylic acids is 2. The first-order valence-corrected chi connectivity index (χ1v) is 9.67. The SMILES string of the molecule is C1=Cc2cc3ccc(cc4nc(cc5ccc(cc1n2)[nH]5)C=C4)[nH]3.O=C1C=CC(=O)N1. The summed E-state index contributed by atoms with van der Waals surface area (Å²) in [6.45, 7) is 0. The highest BCUT2D eigenvalue weighted by Crippen LogP contribution is 2.16. The maximum Gasteiger partial charge on any atom is 0.250 e. The largest absolute Gasteiger partial charge is 0.355 e. The number of hydrogen-bond donors (Lipinski definition) is 3. The maximum atomic E-state index is 10.0. The van der Waals surface area contributed by atoms with Crippen LogP contribution < -0.4 is 5.32 Å². The first-order chi connectivity index (χ1) is 15.1. The molecule has 0 unspecified atom stereocenters. The van der Waals surface area contributed by atoms with Gasteiger partial charge in [0.15, 0.2) is 0 Å². The molecule has 3 N–H and O–H groups in total. The molecule has 0 aromatic carbocycles. The van der Waals surface area contributed by atoms with Gasteiger partial charge in [-0.15, -0.1) is 0 Å². The van der Waals surface area contributed by atoms with Crippen molar-refractivity contribution < 1.29 is 9.59 Å². The van der Waals surface area contributed by atoms with E-state index in [1.54, 1.807) is 0 Å². The van der Waals surface area contributed by atoms with Gasteiger partial charge in [0.1, 0.15) is 0 Å².